The second kappa shape index (κ2) is 4.99. The number of carbonyl (C=O) groups excluding carboxylic acids is 2. The molecule has 0 spiro atoms. The Balaban J connectivity index is 1.91. The Morgan fingerprint density at radius 1 is 1.42 bits per heavy atom. The zero-order valence-electron chi connectivity index (χ0n) is 12.2. The number of rotatable bonds is 3. The van der Waals surface area contributed by atoms with Crippen molar-refractivity contribution >= 4 is 11.8 Å². The van der Waals surface area contributed by atoms with E-state index in [4.69, 9.17) is 0 Å². The maximum atomic E-state index is 12.3. The average Bonchev–Trinajstić information content (AvgIpc) is 2.83. The molecule has 106 valence electrons. The molecule has 0 aromatic carbocycles. The molecule has 19 heavy (non-hydrogen) atoms. The molecule has 0 radical (unpaired) electrons. The van der Waals surface area contributed by atoms with E-state index >= 15 is 0 Å². The van der Waals surface area contributed by atoms with E-state index in [1.165, 1.54) is 5.57 Å². The third-order valence-electron chi connectivity index (χ3n) is 4.32. The summed E-state index contributed by atoms with van der Waals surface area (Å²) in [4.78, 5) is 23.4. The van der Waals surface area contributed by atoms with Gasteiger partial charge in [-0.3, -0.25) is 9.59 Å². The standard InChI is InChI=1S/C15H24N2O2/c1-9(2)7-11-13(15(11,3)4)14(19)17-10-5-6-12(18)16-8-10/h7,10-11,13H,5-6,8H2,1-4H3,(H,16,18)(H,17,19)/t10-,11+,13-/m0/s1. The number of carbonyl (C=O) groups is 2. The van der Waals surface area contributed by atoms with Crippen molar-refractivity contribution < 1.29 is 9.59 Å². The van der Waals surface area contributed by atoms with Crippen molar-refractivity contribution in [1.29, 1.82) is 0 Å². The van der Waals surface area contributed by atoms with Gasteiger partial charge < -0.3 is 10.6 Å². The minimum atomic E-state index is 0.0548. The van der Waals surface area contributed by atoms with Crippen LogP contribution in [0.5, 0.6) is 0 Å². The molecule has 0 aromatic rings. The quantitative estimate of drug-likeness (QED) is 0.761. The van der Waals surface area contributed by atoms with Gasteiger partial charge in [-0.2, -0.15) is 0 Å². The first kappa shape index (κ1) is 14.1. The highest BCUT2D eigenvalue weighted by Crippen LogP contribution is 2.59. The van der Waals surface area contributed by atoms with E-state index in [0.717, 1.165) is 6.42 Å². The molecule has 2 fully saturated rings. The molecule has 2 N–H and O–H groups in total. The first-order chi connectivity index (χ1) is 8.82. The van der Waals surface area contributed by atoms with Crippen LogP contribution in [0.4, 0.5) is 0 Å². The van der Waals surface area contributed by atoms with Gasteiger partial charge in [-0.25, -0.2) is 0 Å². The Hall–Kier alpha value is -1.32. The maximum Gasteiger partial charge on any atom is 0.224 e. The molecule has 1 heterocycles. The fourth-order valence-corrected chi connectivity index (χ4v) is 3.00. The van der Waals surface area contributed by atoms with Crippen molar-refractivity contribution in [3.63, 3.8) is 0 Å². The molecule has 2 aliphatic rings. The third-order valence-corrected chi connectivity index (χ3v) is 4.32. The minimum Gasteiger partial charge on any atom is -0.354 e. The second-order valence-corrected chi connectivity index (χ2v) is 6.62. The highest BCUT2D eigenvalue weighted by Gasteiger charge is 2.60. The molecule has 3 atom stereocenters. The molecule has 2 rings (SSSR count). The van der Waals surface area contributed by atoms with Crippen molar-refractivity contribution in [1.82, 2.24) is 10.6 Å². The monoisotopic (exact) mass is 264 g/mol. The van der Waals surface area contributed by atoms with E-state index in [-0.39, 0.29) is 29.2 Å². The summed E-state index contributed by atoms with van der Waals surface area (Å²) in [5, 5.41) is 5.87. The van der Waals surface area contributed by atoms with Crippen LogP contribution in [0, 0.1) is 17.3 Å². The first-order valence-corrected chi connectivity index (χ1v) is 7.04. The first-order valence-electron chi connectivity index (χ1n) is 7.04. The molecule has 1 saturated carbocycles. The lowest BCUT2D eigenvalue weighted by Gasteiger charge is -2.23. The lowest BCUT2D eigenvalue weighted by molar-refractivity contribution is -0.126. The summed E-state index contributed by atoms with van der Waals surface area (Å²) in [7, 11) is 0. The van der Waals surface area contributed by atoms with E-state index in [0.29, 0.717) is 18.9 Å². The highest BCUT2D eigenvalue weighted by atomic mass is 16.2. The van der Waals surface area contributed by atoms with Gasteiger partial charge in [0.25, 0.3) is 0 Å². The number of piperidine rings is 1. The van der Waals surface area contributed by atoms with Crippen LogP contribution in [0.15, 0.2) is 11.6 Å². The molecule has 0 unspecified atom stereocenters. The van der Waals surface area contributed by atoms with Crippen LogP contribution in [0.1, 0.15) is 40.5 Å². The summed E-state index contributed by atoms with van der Waals surface area (Å²) in [6, 6.07) is 0.0916. The lowest BCUT2D eigenvalue weighted by Crippen LogP contribution is -2.48. The van der Waals surface area contributed by atoms with Gasteiger partial charge in [0.05, 0.1) is 5.92 Å². The zero-order valence-corrected chi connectivity index (χ0v) is 12.2. The number of allylic oxidation sites excluding steroid dienone is 2. The van der Waals surface area contributed by atoms with Gasteiger partial charge in [-0.15, -0.1) is 0 Å². The summed E-state index contributed by atoms with van der Waals surface area (Å²) in [5.41, 5.74) is 1.32. The van der Waals surface area contributed by atoms with Crippen LogP contribution in [0.25, 0.3) is 0 Å². The fraction of sp³-hybridized carbons (Fsp3) is 0.733. The van der Waals surface area contributed by atoms with E-state index in [2.05, 4.69) is 44.4 Å². The Labute approximate surface area is 115 Å². The molecule has 4 heteroatoms. The van der Waals surface area contributed by atoms with Gasteiger partial charge in [0.1, 0.15) is 0 Å². The highest BCUT2D eigenvalue weighted by molar-refractivity contribution is 5.84. The van der Waals surface area contributed by atoms with Gasteiger partial charge in [0.15, 0.2) is 0 Å². The van der Waals surface area contributed by atoms with Crippen LogP contribution in [0.2, 0.25) is 0 Å². The van der Waals surface area contributed by atoms with Crippen LogP contribution in [-0.4, -0.2) is 24.4 Å². The summed E-state index contributed by atoms with van der Waals surface area (Å²) in [6.07, 6.45) is 3.46. The largest absolute Gasteiger partial charge is 0.354 e. The maximum absolute atomic E-state index is 12.3. The van der Waals surface area contributed by atoms with E-state index < -0.39 is 0 Å². The summed E-state index contributed by atoms with van der Waals surface area (Å²) >= 11 is 0. The number of hydrogen-bond donors (Lipinski definition) is 2. The number of hydrogen-bond acceptors (Lipinski definition) is 2. The molecule has 2 amide bonds. The molecular weight excluding hydrogens is 240 g/mol. The minimum absolute atomic E-state index is 0.0548. The van der Waals surface area contributed by atoms with Gasteiger partial charge in [-0.1, -0.05) is 25.5 Å². The smallest absolute Gasteiger partial charge is 0.224 e. The van der Waals surface area contributed by atoms with E-state index in [1.54, 1.807) is 0 Å². The molecule has 1 saturated heterocycles. The van der Waals surface area contributed by atoms with Gasteiger partial charge in [0.2, 0.25) is 11.8 Å². The molecular formula is C15H24N2O2. The van der Waals surface area contributed by atoms with Crippen molar-refractivity contribution in [2.75, 3.05) is 6.54 Å². The van der Waals surface area contributed by atoms with E-state index in [9.17, 15) is 9.59 Å². The van der Waals surface area contributed by atoms with Crippen molar-refractivity contribution in [2.24, 2.45) is 17.3 Å². The van der Waals surface area contributed by atoms with Crippen molar-refractivity contribution in [2.45, 2.75) is 46.6 Å². The Morgan fingerprint density at radius 3 is 2.63 bits per heavy atom. The summed E-state index contributed by atoms with van der Waals surface area (Å²) in [5.74, 6) is 0.629. The Bertz CT molecular complexity index is 412. The second-order valence-electron chi connectivity index (χ2n) is 6.62. The van der Waals surface area contributed by atoms with Crippen LogP contribution in [-0.2, 0) is 9.59 Å². The van der Waals surface area contributed by atoms with Gasteiger partial charge >= 0.3 is 0 Å². The number of amides is 2. The molecule has 4 nitrogen and oxygen atoms in total. The van der Waals surface area contributed by atoms with Crippen molar-refractivity contribution in [3.05, 3.63) is 11.6 Å². The predicted octanol–water partition coefficient (Wildman–Crippen LogP) is 1.62. The Kier molecular flexibility index (Phi) is 3.70. The topological polar surface area (TPSA) is 58.2 Å². The van der Waals surface area contributed by atoms with Gasteiger partial charge in [0, 0.05) is 19.0 Å². The SMILES string of the molecule is CC(C)=C[C@@H]1[C@@H](C(=O)N[C@H]2CCC(=O)NC2)C1(C)C. The summed E-state index contributed by atoms with van der Waals surface area (Å²) < 4.78 is 0. The van der Waals surface area contributed by atoms with E-state index in [1.807, 2.05) is 0 Å². The normalized spacial score (nSPS) is 32.2. The zero-order chi connectivity index (χ0) is 14.2. The Morgan fingerprint density at radius 2 is 2.11 bits per heavy atom. The van der Waals surface area contributed by atoms with Crippen LogP contribution >= 0.6 is 0 Å². The number of nitrogens with one attached hydrogen (secondary N) is 2. The molecule has 0 bridgehead atoms. The molecule has 0 aromatic heterocycles. The fourth-order valence-electron chi connectivity index (χ4n) is 3.00. The average molecular weight is 264 g/mol. The van der Waals surface area contributed by atoms with Crippen LogP contribution < -0.4 is 10.6 Å². The molecule has 1 aliphatic carbocycles. The van der Waals surface area contributed by atoms with Crippen molar-refractivity contribution in [3.8, 4) is 0 Å². The predicted molar refractivity (Wildman–Crippen MR) is 74.4 cm³/mol. The lowest BCUT2D eigenvalue weighted by atomic mass is 10.1. The summed E-state index contributed by atoms with van der Waals surface area (Å²) in [6.45, 7) is 8.99. The molecule has 1 aliphatic heterocycles. The van der Waals surface area contributed by atoms with Gasteiger partial charge in [-0.05, 0) is 31.6 Å². The third kappa shape index (κ3) is 2.99. The van der Waals surface area contributed by atoms with Crippen LogP contribution in [0.3, 0.4) is 0 Å².